The monoisotopic (exact) mass is 540 g/mol. The Hall–Kier alpha value is -0.270. The van der Waals surface area contributed by atoms with Gasteiger partial charge in [0.2, 0.25) is 0 Å². The first-order chi connectivity index (χ1) is 16.8. The molecule has 35 heavy (non-hydrogen) atoms. The first kappa shape index (κ1) is 34.7. The zero-order valence-corrected chi connectivity index (χ0v) is 24.3. The van der Waals surface area contributed by atoms with Gasteiger partial charge in [0, 0.05) is 23.2 Å². The molecule has 0 rings (SSSR count). The SMILES string of the molecule is CCCCCCCCCCCCS(=O)C(CCCCCCC)C(C)OCCCOP(=O)(O)C(=O)O. The molecule has 4 unspecified atom stereocenters. The molecule has 7 nitrogen and oxygen atoms in total. The van der Waals surface area contributed by atoms with Crippen molar-refractivity contribution in [3.63, 3.8) is 0 Å². The summed E-state index contributed by atoms with van der Waals surface area (Å²) in [6.07, 6.45) is 19.3. The Labute approximate surface area is 217 Å². The average Bonchev–Trinajstić information content (AvgIpc) is 2.81. The Balaban J connectivity index is 4.32. The van der Waals surface area contributed by atoms with Gasteiger partial charge in [0.05, 0.1) is 18.0 Å². The second-order valence-electron chi connectivity index (χ2n) is 9.57. The predicted molar refractivity (Wildman–Crippen MR) is 146 cm³/mol. The largest absolute Gasteiger partial charge is 0.472 e. The summed E-state index contributed by atoms with van der Waals surface area (Å²) in [5.41, 5.74) is -1.85. The second-order valence-corrected chi connectivity index (χ2v) is 13.0. The fourth-order valence-electron chi connectivity index (χ4n) is 4.09. The van der Waals surface area contributed by atoms with Crippen LogP contribution in [0, 0.1) is 0 Å². The van der Waals surface area contributed by atoms with Gasteiger partial charge in [-0.15, -0.1) is 0 Å². The zero-order chi connectivity index (χ0) is 26.4. The van der Waals surface area contributed by atoms with Crippen LogP contribution in [0.15, 0.2) is 0 Å². The topological polar surface area (TPSA) is 110 Å². The van der Waals surface area contributed by atoms with Crippen LogP contribution >= 0.6 is 7.60 Å². The third kappa shape index (κ3) is 19.5. The van der Waals surface area contributed by atoms with Crippen LogP contribution in [0.25, 0.3) is 0 Å². The lowest BCUT2D eigenvalue weighted by Gasteiger charge is -2.24. The maximum Gasteiger partial charge on any atom is 0.435 e. The van der Waals surface area contributed by atoms with Gasteiger partial charge in [-0.1, -0.05) is 104 Å². The number of hydrogen-bond acceptors (Lipinski definition) is 5. The molecule has 2 N–H and O–H groups in total. The fraction of sp³-hybridized carbons (Fsp3) is 0.962. The summed E-state index contributed by atoms with van der Waals surface area (Å²) in [6.45, 7) is 6.47. The maximum atomic E-state index is 13.1. The molecule has 0 radical (unpaired) electrons. The molecule has 0 heterocycles. The summed E-state index contributed by atoms with van der Waals surface area (Å²) in [4.78, 5) is 19.8. The lowest BCUT2D eigenvalue weighted by molar-refractivity contribution is 0.0528. The molecule has 0 bridgehead atoms. The summed E-state index contributed by atoms with van der Waals surface area (Å²) in [5, 5.41) is 8.60. The molecule has 210 valence electrons. The van der Waals surface area contributed by atoms with Crippen molar-refractivity contribution in [2.24, 2.45) is 0 Å². The Morgan fingerprint density at radius 1 is 0.800 bits per heavy atom. The number of unbranched alkanes of at least 4 members (excludes halogenated alkanes) is 13. The number of rotatable bonds is 26. The Bertz CT molecular complexity index is 588. The molecule has 0 aliphatic carbocycles. The van der Waals surface area contributed by atoms with Gasteiger partial charge in [0.1, 0.15) is 0 Å². The Morgan fingerprint density at radius 3 is 1.80 bits per heavy atom. The van der Waals surface area contributed by atoms with Gasteiger partial charge in [-0.25, -0.2) is 9.36 Å². The van der Waals surface area contributed by atoms with Crippen molar-refractivity contribution in [1.82, 2.24) is 0 Å². The van der Waals surface area contributed by atoms with Crippen LogP contribution in [0.4, 0.5) is 4.79 Å². The first-order valence-corrected chi connectivity index (χ1v) is 16.9. The molecule has 0 saturated heterocycles. The summed E-state index contributed by atoms with van der Waals surface area (Å²) in [6, 6.07) is 0. The first-order valence-electron chi connectivity index (χ1n) is 14.0. The highest BCUT2D eigenvalue weighted by Crippen LogP contribution is 2.42. The van der Waals surface area contributed by atoms with Gasteiger partial charge in [-0.2, -0.15) is 0 Å². The zero-order valence-electron chi connectivity index (χ0n) is 22.6. The molecule has 0 aliphatic rings. The van der Waals surface area contributed by atoms with Crippen molar-refractivity contribution in [2.45, 2.75) is 141 Å². The van der Waals surface area contributed by atoms with E-state index in [0.717, 1.165) is 32.1 Å². The lowest BCUT2D eigenvalue weighted by Crippen LogP contribution is -2.32. The third-order valence-corrected chi connectivity index (χ3v) is 9.33. The molecule has 0 fully saturated rings. The van der Waals surface area contributed by atoms with E-state index in [0.29, 0.717) is 12.2 Å². The number of carbonyl (C=O) groups is 1. The summed E-state index contributed by atoms with van der Waals surface area (Å²) in [7, 11) is -5.56. The van der Waals surface area contributed by atoms with Crippen LogP contribution in [0.2, 0.25) is 0 Å². The maximum absolute atomic E-state index is 13.1. The molecular weight excluding hydrogens is 487 g/mol. The molecule has 0 aromatic rings. The Morgan fingerprint density at radius 2 is 1.29 bits per heavy atom. The third-order valence-electron chi connectivity index (χ3n) is 6.33. The van der Waals surface area contributed by atoms with Crippen molar-refractivity contribution in [3.8, 4) is 0 Å². The predicted octanol–water partition coefficient (Wildman–Crippen LogP) is 8.06. The highest BCUT2D eigenvalue weighted by molar-refractivity contribution is 7.85. The van der Waals surface area contributed by atoms with Crippen LogP contribution in [0.3, 0.4) is 0 Å². The quantitative estimate of drug-likeness (QED) is 0.0843. The summed E-state index contributed by atoms with van der Waals surface area (Å²) >= 11 is 0. The smallest absolute Gasteiger partial charge is 0.435 e. The van der Waals surface area contributed by atoms with Crippen molar-refractivity contribution >= 4 is 24.1 Å². The number of hydrogen-bond donors (Lipinski definition) is 2. The van der Waals surface area contributed by atoms with Crippen LogP contribution in [0.5, 0.6) is 0 Å². The van der Waals surface area contributed by atoms with Gasteiger partial charge < -0.3 is 19.3 Å². The molecule has 0 saturated carbocycles. The van der Waals surface area contributed by atoms with E-state index >= 15 is 0 Å². The fourth-order valence-corrected chi connectivity index (χ4v) is 6.31. The minimum absolute atomic E-state index is 0.0286. The lowest BCUT2D eigenvalue weighted by atomic mass is 10.1. The standard InChI is InChI=1S/C26H53O7PS/c1-4-6-8-10-11-12-13-14-16-18-23-35(31)25(20-17-15-9-7-5-2)24(3)32-21-19-22-33-34(29,30)26(27)28/h24-25H,4-23H2,1-3H3,(H,27,28)(H,29,30). The van der Waals surface area contributed by atoms with E-state index in [4.69, 9.17) is 14.7 Å². The summed E-state index contributed by atoms with van der Waals surface area (Å²) in [5.74, 6) is 0.708. The van der Waals surface area contributed by atoms with Crippen molar-refractivity contribution < 1.29 is 32.8 Å². The average molecular weight is 541 g/mol. The molecule has 0 aliphatic heterocycles. The van der Waals surface area contributed by atoms with Crippen LogP contribution in [0.1, 0.15) is 130 Å². The second kappa shape index (κ2) is 22.9. The van der Waals surface area contributed by atoms with E-state index in [-0.39, 0.29) is 24.6 Å². The van der Waals surface area contributed by atoms with Crippen LogP contribution in [-0.2, 0) is 24.6 Å². The van der Waals surface area contributed by atoms with E-state index in [1.54, 1.807) is 0 Å². The van der Waals surface area contributed by atoms with Crippen LogP contribution < -0.4 is 0 Å². The number of ether oxygens (including phenoxy) is 1. The van der Waals surface area contributed by atoms with Crippen molar-refractivity contribution in [3.05, 3.63) is 0 Å². The molecule has 0 spiro atoms. The minimum Gasteiger partial charge on any atom is -0.472 e. The number of carboxylic acid groups (broad SMARTS) is 1. The Kier molecular flexibility index (Phi) is 22.7. The van der Waals surface area contributed by atoms with Gasteiger partial charge in [0.15, 0.2) is 0 Å². The highest BCUT2D eigenvalue weighted by Gasteiger charge is 2.30. The van der Waals surface area contributed by atoms with E-state index in [1.807, 2.05) is 6.92 Å². The van der Waals surface area contributed by atoms with Gasteiger partial charge in [-0.05, 0) is 26.2 Å². The van der Waals surface area contributed by atoms with Gasteiger partial charge in [0.25, 0.3) is 0 Å². The molecule has 0 amide bonds. The normalized spacial score (nSPS) is 16.0. The molecule has 0 aromatic carbocycles. The minimum atomic E-state index is -4.60. The molecule has 0 aromatic heterocycles. The van der Waals surface area contributed by atoms with Gasteiger partial charge >= 0.3 is 13.3 Å². The summed E-state index contributed by atoms with van der Waals surface area (Å²) < 4.78 is 34.9. The van der Waals surface area contributed by atoms with Crippen LogP contribution in [-0.4, -0.2) is 50.2 Å². The molecular formula is C26H53O7PS. The van der Waals surface area contributed by atoms with E-state index in [9.17, 15) is 13.6 Å². The van der Waals surface area contributed by atoms with Crippen molar-refractivity contribution in [2.75, 3.05) is 19.0 Å². The van der Waals surface area contributed by atoms with Gasteiger partial charge in [-0.3, -0.25) is 4.21 Å². The highest BCUT2D eigenvalue weighted by atomic mass is 32.2. The van der Waals surface area contributed by atoms with E-state index in [2.05, 4.69) is 18.4 Å². The van der Waals surface area contributed by atoms with E-state index < -0.39 is 24.1 Å². The molecule has 4 atom stereocenters. The van der Waals surface area contributed by atoms with E-state index in [1.165, 1.54) is 70.6 Å². The van der Waals surface area contributed by atoms with Crippen molar-refractivity contribution in [1.29, 1.82) is 0 Å². The molecule has 9 heteroatoms.